The highest BCUT2D eigenvalue weighted by atomic mass is 35.5. The minimum absolute atomic E-state index is 0.133. The summed E-state index contributed by atoms with van der Waals surface area (Å²) in [5, 5.41) is 10.5. The number of nitro benzene ring substituents is 1. The van der Waals surface area contributed by atoms with Crippen molar-refractivity contribution in [3.8, 4) is 0 Å². The average molecular weight is 250 g/mol. The van der Waals surface area contributed by atoms with Crippen molar-refractivity contribution in [2.24, 2.45) is 0 Å². The van der Waals surface area contributed by atoms with E-state index in [1.165, 1.54) is 0 Å². The number of carbonyl (C=O) groups is 1. The molecule has 0 aliphatic rings. The standard InChI is InChI=1S/C9H6ClF2NO3/c1-4(14)6-2-5(10)3-7(9(11)12)8(6)13(15)16/h2-3,9H,1H3. The van der Waals surface area contributed by atoms with Crippen molar-refractivity contribution < 1.29 is 18.5 Å². The van der Waals surface area contributed by atoms with Crippen molar-refractivity contribution in [3.63, 3.8) is 0 Å². The van der Waals surface area contributed by atoms with E-state index in [1.807, 2.05) is 0 Å². The van der Waals surface area contributed by atoms with Gasteiger partial charge in [0.05, 0.1) is 16.1 Å². The normalized spacial score (nSPS) is 10.6. The summed E-state index contributed by atoms with van der Waals surface area (Å²) in [6, 6.07) is 1.80. The number of hydrogen-bond acceptors (Lipinski definition) is 3. The molecule has 1 aromatic rings. The van der Waals surface area contributed by atoms with Gasteiger partial charge in [0.2, 0.25) is 0 Å². The number of carbonyl (C=O) groups excluding carboxylic acids is 1. The van der Waals surface area contributed by atoms with Crippen molar-refractivity contribution in [3.05, 3.63) is 38.4 Å². The average Bonchev–Trinajstić information content (AvgIpc) is 2.15. The van der Waals surface area contributed by atoms with Crippen molar-refractivity contribution in [1.82, 2.24) is 0 Å². The number of alkyl halides is 2. The Morgan fingerprint density at radius 3 is 2.44 bits per heavy atom. The van der Waals surface area contributed by atoms with Gasteiger partial charge in [0.1, 0.15) is 0 Å². The van der Waals surface area contributed by atoms with E-state index in [4.69, 9.17) is 11.6 Å². The van der Waals surface area contributed by atoms with E-state index in [0.29, 0.717) is 0 Å². The highest BCUT2D eigenvalue weighted by Crippen LogP contribution is 2.34. The van der Waals surface area contributed by atoms with Crippen LogP contribution in [0, 0.1) is 10.1 Å². The maximum atomic E-state index is 12.5. The summed E-state index contributed by atoms with van der Waals surface area (Å²) in [6.45, 7) is 1.05. The van der Waals surface area contributed by atoms with Crippen LogP contribution in [0.15, 0.2) is 12.1 Å². The quantitative estimate of drug-likeness (QED) is 0.469. The van der Waals surface area contributed by atoms with E-state index in [0.717, 1.165) is 19.1 Å². The first-order valence-corrected chi connectivity index (χ1v) is 4.49. The fourth-order valence-corrected chi connectivity index (χ4v) is 1.49. The Morgan fingerprint density at radius 1 is 1.50 bits per heavy atom. The fourth-order valence-electron chi connectivity index (χ4n) is 1.26. The van der Waals surface area contributed by atoms with Gasteiger partial charge in [0.25, 0.3) is 12.1 Å². The summed E-state index contributed by atoms with van der Waals surface area (Å²) in [7, 11) is 0. The maximum Gasteiger partial charge on any atom is 0.289 e. The molecule has 0 amide bonds. The zero-order valence-corrected chi connectivity index (χ0v) is 8.79. The number of ketones is 1. The molecule has 0 N–H and O–H groups in total. The van der Waals surface area contributed by atoms with Gasteiger partial charge in [-0.2, -0.15) is 0 Å². The van der Waals surface area contributed by atoms with E-state index in [2.05, 4.69) is 0 Å². The lowest BCUT2D eigenvalue weighted by Gasteiger charge is -2.06. The molecule has 0 bridgehead atoms. The molecule has 0 unspecified atom stereocenters. The SMILES string of the molecule is CC(=O)c1cc(Cl)cc(C(F)F)c1[N+](=O)[O-]. The molecule has 0 fully saturated rings. The van der Waals surface area contributed by atoms with Gasteiger partial charge in [-0.15, -0.1) is 0 Å². The molecule has 7 heteroatoms. The number of hydrogen-bond donors (Lipinski definition) is 0. The zero-order chi connectivity index (χ0) is 12.5. The third-order valence-electron chi connectivity index (χ3n) is 1.90. The van der Waals surface area contributed by atoms with E-state index in [9.17, 15) is 23.7 Å². The molecule has 0 heterocycles. The van der Waals surface area contributed by atoms with Crippen LogP contribution in [0.4, 0.5) is 14.5 Å². The molecule has 4 nitrogen and oxygen atoms in total. The molecule has 0 aromatic heterocycles. The minimum atomic E-state index is -3.06. The Labute approximate surface area is 94.0 Å². The van der Waals surface area contributed by atoms with Crippen LogP contribution in [0.5, 0.6) is 0 Å². The van der Waals surface area contributed by atoms with Crippen molar-refractivity contribution in [1.29, 1.82) is 0 Å². The third-order valence-corrected chi connectivity index (χ3v) is 2.12. The van der Waals surface area contributed by atoms with E-state index in [-0.39, 0.29) is 5.02 Å². The first kappa shape index (κ1) is 12.5. The van der Waals surface area contributed by atoms with Gasteiger partial charge in [-0.3, -0.25) is 14.9 Å². The van der Waals surface area contributed by atoms with Crippen molar-refractivity contribution >= 4 is 23.1 Å². The number of benzene rings is 1. The van der Waals surface area contributed by atoms with Gasteiger partial charge in [-0.05, 0) is 19.1 Å². The number of rotatable bonds is 3. The summed E-state index contributed by atoms with van der Waals surface area (Å²) in [5.41, 5.74) is -2.14. The Hall–Kier alpha value is -1.56. The van der Waals surface area contributed by atoms with Gasteiger partial charge < -0.3 is 0 Å². The van der Waals surface area contributed by atoms with Crippen LogP contribution in [-0.2, 0) is 0 Å². The monoisotopic (exact) mass is 249 g/mol. The predicted molar refractivity (Wildman–Crippen MR) is 53.1 cm³/mol. The van der Waals surface area contributed by atoms with E-state index < -0.39 is 33.9 Å². The second-order valence-electron chi connectivity index (χ2n) is 3.01. The maximum absolute atomic E-state index is 12.5. The molecule has 0 spiro atoms. The molecule has 0 saturated carbocycles. The fraction of sp³-hybridized carbons (Fsp3) is 0.222. The molecular formula is C9H6ClF2NO3. The Morgan fingerprint density at radius 2 is 2.06 bits per heavy atom. The first-order chi connectivity index (χ1) is 7.34. The van der Waals surface area contributed by atoms with E-state index >= 15 is 0 Å². The van der Waals surface area contributed by atoms with Crippen LogP contribution < -0.4 is 0 Å². The Bertz CT molecular complexity index is 462. The molecule has 86 valence electrons. The van der Waals surface area contributed by atoms with Crippen molar-refractivity contribution in [2.45, 2.75) is 13.3 Å². The molecule has 0 saturated heterocycles. The second kappa shape index (κ2) is 4.52. The third kappa shape index (κ3) is 2.33. The molecule has 0 aliphatic carbocycles. The second-order valence-corrected chi connectivity index (χ2v) is 3.44. The molecule has 0 atom stereocenters. The number of Topliss-reactive ketones (excluding diaryl/α,β-unsaturated/α-hetero) is 1. The lowest BCUT2D eigenvalue weighted by atomic mass is 10.0. The smallest absolute Gasteiger partial charge is 0.289 e. The number of nitrogens with zero attached hydrogens (tertiary/aromatic N) is 1. The lowest BCUT2D eigenvalue weighted by Crippen LogP contribution is -2.04. The topological polar surface area (TPSA) is 60.2 Å². The molecular weight excluding hydrogens is 244 g/mol. The van der Waals surface area contributed by atoms with Gasteiger partial charge in [-0.1, -0.05) is 11.6 Å². The van der Waals surface area contributed by atoms with Crippen LogP contribution in [0.1, 0.15) is 29.3 Å². The van der Waals surface area contributed by atoms with Crippen LogP contribution in [-0.4, -0.2) is 10.7 Å². The molecule has 1 rings (SSSR count). The van der Waals surface area contributed by atoms with Crippen LogP contribution in [0.2, 0.25) is 5.02 Å². The first-order valence-electron chi connectivity index (χ1n) is 4.11. The summed E-state index contributed by atoms with van der Waals surface area (Å²) >= 11 is 5.51. The Kier molecular flexibility index (Phi) is 3.54. The van der Waals surface area contributed by atoms with Gasteiger partial charge in [-0.25, -0.2) is 8.78 Å². The number of nitro groups is 1. The van der Waals surface area contributed by atoms with Gasteiger partial charge in [0, 0.05) is 5.02 Å². The van der Waals surface area contributed by atoms with E-state index in [1.54, 1.807) is 0 Å². The van der Waals surface area contributed by atoms with Crippen LogP contribution >= 0.6 is 11.6 Å². The number of halogens is 3. The summed E-state index contributed by atoms with van der Waals surface area (Å²) < 4.78 is 25.1. The molecule has 0 radical (unpaired) electrons. The minimum Gasteiger partial charge on any atom is -0.294 e. The van der Waals surface area contributed by atoms with Crippen LogP contribution in [0.25, 0.3) is 0 Å². The van der Waals surface area contributed by atoms with Crippen molar-refractivity contribution in [2.75, 3.05) is 0 Å². The predicted octanol–water partition coefficient (Wildman–Crippen LogP) is 3.39. The lowest BCUT2D eigenvalue weighted by molar-refractivity contribution is -0.386. The van der Waals surface area contributed by atoms with Gasteiger partial charge in [0.15, 0.2) is 5.78 Å². The largest absolute Gasteiger partial charge is 0.294 e. The zero-order valence-electron chi connectivity index (χ0n) is 8.04. The molecule has 16 heavy (non-hydrogen) atoms. The van der Waals surface area contributed by atoms with Crippen LogP contribution in [0.3, 0.4) is 0 Å². The summed E-state index contributed by atoms with van der Waals surface area (Å²) in [5.74, 6) is -0.684. The molecule has 0 aliphatic heterocycles. The molecule has 1 aromatic carbocycles. The highest BCUT2D eigenvalue weighted by Gasteiger charge is 2.28. The Balaban J connectivity index is 3.60. The highest BCUT2D eigenvalue weighted by molar-refractivity contribution is 6.31. The summed E-state index contributed by atoms with van der Waals surface area (Å²) in [6.07, 6.45) is -3.06. The van der Waals surface area contributed by atoms with Gasteiger partial charge >= 0.3 is 0 Å². The summed E-state index contributed by atoms with van der Waals surface area (Å²) in [4.78, 5) is 20.7.